The van der Waals surface area contributed by atoms with Gasteiger partial charge in [-0.2, -0.15) is 5.10 Å². The summed E-state index contributed by atoms with van der Waals surface area (Å²) >= 11 is 0. The van der Waals surface area contributed by atoms with Gasteiger partial charge in [0.25, 0.3) is 0 Å². The lowest BCUT2D eigenvalue weighted by molar-refractivity contribution is 0.782. The molecule has 2 aromatic heterocycles. The molecule has 4 heteroatoms. The van der Waals surface area contributed by atoms with Crippen LogP contribution in [0, 0.1) is 13.8 Å². The zero-order chi connectivity index (χ0) is 12.9. The van der Waals surface area contributed by atoms with Crippen molar-refractivity contribution < 1.29 is 0 Å². The number of benzene rings is 1. The van der Waals surface area contributed by atoms with Gasteiger partial charge in [0.1, 0.15) is 5.82 Å². The molecule has 0 aliphatic rings. The Morgan fingerprint density at radius 2 is 2.00 bits per heavy atom. The van der Waals surface area contributed by atoms with Gasteiger partial charge in [-0.15, -0.1) is 0 Å². The highest BCUT2D eigenvalue weighted by Crippen LogP contribution is 2.31. The van der Waals surface area contributed by atoms with E-state index in [-0.39, 0.29) is 0 Å². The first-order valence-electron chi connectivity index (χ1n) is 5.94. The number of hydrogen-bond acceptors (Lipinski definition) is 2. The summed E-state index contributed by atoms with van der Waals surface area (Å²) < 4.78 is 1.69. The van der Waals surface area contributed by atoms with Crippen LogP contribution >= 0.6 is 0 Å². The zero-order valence-corrected chi connectivity index (χ0v) is 10.8. The lowest BCUT2D eigenvalue weighted by atomic mass is 10.0. The van der Waals surface area contributed by atoms with Crippen LogP contribution in [0.5, 0.6) is 0 Å². The molecule has 0 atom stereocenters. The van der Waals surface area contributed by atoms with Crippen molar-refractivity contribution in [3.8, 4) is 11.3 Å². The van der Waals surface area contributed by atoms with Crippen LogP contribution in [-0.2, 0) is 7.05 Å². The molecule has 0 fully saturated rings. The number of aryl methyl sites for hydroxylation is 3. The normalized spacial score (nSPS) is 11.3. The van der Waals surface area contributed by atoms with Crippen LogP contribution in [0.2, 0.25) is 0 Å². The number of nitrogens with one attached hydrogen (secondary N) is 1. The maximum absolute atomic E-state index is 5.84. The first kappa shape index (κ1) is 10.9. The van der Waals surface area contributed by atoms with Gasteiger partial charge in [0.05, 0.1) is 5.69 Å². The van der Waals surface area contributed by atoms with Gasteiger partial charge in [0.15, 0.2) is 0 Å². The Labute approximate surface area is 105 Å². The second-order valence-electron chi connectivity index (χ2n) is 4.78. The second kappa shape index (κ2) is 3.63. The predicted octanol–water partition coefficient (Wildman–Crippen LogP) is 2.77. The minimum atomic E-state index is 0.670. The van der Waals surface area contributed by atoms with Crippen LogP contribution in [0.3, 0.4) is 0 Å². The van der Waals surface area contributed by atoms with Crippen LogP contribution in [0.15, 0.2) is 24.4 Å². The van der Waals surface area contributed by atoms with Gasteiger partial charge in [0, 0.05) is 35.8 Å². The summed E-state index contributed by atoms with van der Waals surface area (Å²) in [6, 6.07) is 6.24. The van der Waals surface area contributed by atoms with E-state index in [0.717, 1.165) is 16.8 Å². The molecule has 3 rings (SSSR count). The molecule has 0 aliphatic carbocycles. The Balaban J connectivity index is 2.30. The minimum Gasteiger partial charge on any atom is -0.384 e. The predicted molar refractivity (Wildman–Crippen MR) is 74.4 cm³/mol. The SMILES string of the molecule is Cc1cc(C)c2c(-c3cc(N)n(C)n3)c[nH]c2c1. The van der Waals surface area contributed by atoms with Crippen LogP contribution in [0.25, 0.3) is 22.2 Å². The first-order chi connectivity index (χ1) is 8.56. The fourth-order valence-electron chi connectivity index (χ4n) is 2.48. The number of nitrogens with zero attached hydrogens (tertiary/aromatic N) is 2. The topological polar surface area (TPSA) is 59.6 Å². The molecule has 0 saturated carbocycles. The number of nitrogens with two attached hydrogens (primary N) is 1. The molecule has 3 N–H and O–H groups in total. The number of nitrogen functional groups attached to an aromatic ring is 1. The average Bonchev–Trinajstić information content (AvgIpc) is 2.83. The highest BCUT2D eigenvalue weighted by Gasteiger charge is 2.12. The maximum Gasteiger partial charge on any atom is 0.121 e. The van der Waals surface area contributed by atoms with E-state index in [2.05, 4.69) is 36.1 Å². The number of anilines is 1. The molecule has 92 valence electrons. The Kier molecular flexibility index (Phi) is 2.20. The van der Waals surface area contributed by atoms with E-state index in [4.69, 9.17) is 5.73 Å². The van der Waals surface area contributed by atoms with Crippen LogP contribution in [0.1, 0.15) is 11.1 Å². The molecule has 0 bridgehead atoms. The van der Waals surface area contributed by atoms with E-state index >= 15 is 0 Å². The largest absolute Gasteiger partial charge is 0.384 e. The number of H-pyrrole nitrogens is 1. The number of rotatable bonds is 1. The van der Waals surface area contributed by atoms with Crippen LogP contribution in [-0.4, -0.2) is 14.8 Å². The maximum atomic E-state index is 5.84. The van der Waals surface area contributed by atoms with Gasteiger partial charge >= 0.3 is 0 Å². The molecule has 3 aromatic rings. The third kappa shape index (κ3) is 1.49. The Morgan fingerprint density at radius 1 is 1.22 bits per heavy atom. The molecule has 18 heavy (non-hydrogen) atoms. The summed E-state index contributed by atoms with van der Waals surface area (Å²) in [6.45, 7) is 4.23. The highest BCUT2D eigenvalue weighted by molar-refractivity contribution is 5.97. The molecule has 2 heterocycles. The molecular weight excluding hydrogens is 224 g/mol. The lowest BCUT2D eigenvalue weighted by Gasteiger charge is -2.01. The summed E-state index contributed by atoms with van der Waals surface area (Å²) in [5.41, 5.74) is 11.5. The zero-order valence-electron chi connectivity index (χ0n) is 10.8. The van der Waals surface area contributed by atoms with Crippen molar-refractivity contribution in [2.24, 2.45) is 7.05 Å². The lowest BCUT2D eigenvalue weighted by Crippen LogP contribution is -1.96. The summed E-state index contributed by atoms with van der Waals surface area (Å²) in [5, 5.41) is 5.66. The quantitative estimate of drug-likeness (QED) is 0.687. The van der Waals surface area contributed by atoms with Crippen molar-refractivity contribution >= 4 is 16.7 Å². The molecule has 0 amide bonds. The summed E-state index contributed by atoms with van der Waals surface area (Å²) in [5.74, 6) is 0.670. The van der Waals surface area contributed by atoms with E-state index in [1.54, 1.807) is 4.68 Å². The summed E-state index contributed by atoms with van der Waals surface area (Å²) in [6.07, 6.45) is 2.00. The number of aromatic nitrogens is 3. The Morgan fingerprint density at radius 3 is 2.67 bits per heavy atom. The van der Waals surface area contributed by atoms with Gasteiger partial charge in [-0.1, -0.05) is 6.07 Å². The van der Waals surface area contributed by atoms with Crippen molar-refractivity contribution in [2.45, 2.75) is 13.8 Å². The number of fused-ring (bicyclic) bond motifs is 1. The van der Waals surface area contributed by atoms with Gasteiger partial charge < -0.3 is 10.7 Å². The molecule has 4 nitrogen and oxygen atoms in total. The monoisotopic (exact) mass is 240 g/mol. The van der Waals surface area contributed by atoms with Gasteiger partial charge in [-0.05, 0) is 31.0 Å². The van der Waals surface area contributed by atoms with Gasteiger partial charge in [0.2, 0.25) is 0 Å². The van der Waals surface area contributed by atoms with Gasteiger partial charge in [-0.25, -0.2) is 0 Å². The van der Waals surface area contributed by atoms with Crippen LogP contribution in [0.4, 0.5) is 5.82 Å². The summed E-state index contributed by atoms with van der Waals surface area (Å²) in [7, 11) is 1.85. The Bertz CT molecular complexity index is 714. The molecule has 0 aliphatic heterocycles. The first-order valence-corrected chi connectivity index (χ1v) is 5.94. The van der Waals surface area contributed by atoms with Gasteiger partial charge in [-0.3, -0.25) is 4.68 Å². The summed E-state index contributed by atoms with van der Waals surface area (Å²) in [4.78, 5) is 3.31. The standard InChI is InChI=1S/C14H16N4/c1-8-4-9(2)14-10(7-16-12(14)5-8)11-6-13(15)18(3)17-11/h4-7,16H,15H2,1-3H3. The third-order valence-corrected chi connectivity index (χ3v) is 3.31. The smallest absolute Gasteiger partial charge is 0.121 e. The van der Waals surface area contributed by atoms with Crippen molar-refractivity contribution in [3.63, 3.8) is 0 Å². The van der Waals surface area contributed by atoms with E-state index in [1.807, 2.05) is 19.3 Å². The molecular formula is C14H16N4. The average molecular weight is 240 g/mol. The minimum absolute atomic E-state index is 0.670. The molecule has 1 aromatic carbocycles. The van der Waals surface area contributed by atoms with Crippen LogP contribution < -0.4 is 5.73 Å². The van der Waals surface area contributed by atoms with Crippen molar-refractivity contribution in [3.05, 3.63) is 35.5 Å². The molecule has 0 saturated heterocycles. The number of hydrogen-bond donors (Lipinski definition) is 2. The fraction of sp³-hybridized carbons (Fsp3) is 0.214. The number of aromatic amines is 1. The molecule has 0 radical (unpaired) electrons. The van der Waals surface area contributed by atoms with E-state index < -0.39 is 0 Å². The fourth-order valence-corrected chi connectivity index (χ4v) is 2.48. The third-order valence-electron chi connectivity index (χ3n) is 3.31. The highest BCUT2D eigenvalue weighted by atomic mass is 15.3. The van der Waals surface area contributed by atoms with E-state index in [9.17, 15) is 0 Å². The molecule has 0 spiro atoms. The Hall–Kier alpha value is -2.23. The van der Waals surface area contributed by atoms with Crippen molar-refractivity contribution in [1.29, 1.82) is 0 Å². The van der Waals surface area contributed by atoms with Crippen molar-refractivity contribution in [2.75, 3.05) is 5.73 Å². The second-order valence-corrected chi connectivity index (χ2v) is 4.78. The molecule has 0 unspecified atom stereocenters. The van der Waals surface area contributed by atoms with E-state index in [0.29, 0.717) is 5.82 Å². The van der Waals surface area contributed by atoms with E-state index in [1.165, 1.54) is 16.5 Å². The van der Waals surface area contributed by atoms with Crippen molar-refractivity contribution in [1.82, 2.24) is 14.8 Å².